The number of thiophene rings is 1. The molecule has 3 rings (SSSR count). The molecule has 0 aliphatic carbocycles. The van der Waals surface area contributed by atoms with Gasteiger partial charge < -0.3 is 15.2 Å². The van der Waals surface area contributed by atoms with E-state index in [0.717, 1.165) is 12.8 Å². The summed E-state index contributed by atoms with van der Waals surface area (Å²) in [7, 11) is 0. The number of hydrogen-bond donors (Lipinski definition) is 2. The molecular formula is C17H20ClN3O2S. The molecule has 1 atom stereocenters. The van der Waals surface area contributed by atoms with Gasteiger partial charge in [0.05, 0.1) is 5.02 Å². The number of nitrogens with one attached hydrogen (secondary N) is 2. The van der Waals surface area contributed by atoms with E-state index in [-0.39, 0.29) is 11.8 Å². The van der Waals surface area contributed by atoms with E-state index >= 15 is 0 Å². The molecule has 1 aliphatic rings. The van der Waals surface area contributed by atoms with E-state index in [9.17, 15) is 9.59 Å². The zero-order valence-electron chi connectivity index (χ0n) is 13.5. The summed E-state index contributed by atoms with van der Waals surface area (Å²) in [5.41, 5.74) is 1.59. The molecule has 0 saturated heterocycles. The molecule has 0 aromatic carbocycles. The smallest absolute Gasteiger partial charge is 0.268 e. The average Bonchev–Trinajstić information content (AvgIpc) is 3.21. The van der Waals surface area contributed by atoms with Crippen LogP contribution in [0.15, 0.2) is 23.7 Å². The minimum absolute atomic E-state index is 0.0142. The van der Waals surface area contributed by atoms with Gasteiger partial charge in [0.2, 0.25) is 5.91 Å². The first kappa shape index (κ1) is 17.0. The van der Waals surface area contributed by atoms with Crippen molar-refractivity contribution in [1.82, 2.24) is 15.2 Å². The van der Waals surface area contributed by atoms with Crippen molar-refractivity contribution < 1.29 is 9.59 Å². The quantitative estimate of drug-likeness (QED) is 0.854. The summed E-state index contributed by atoms with van der Waals surface area (Å²) in [5, 5.41) is 5.39. The van der Waals surface area contributed by atoms with Crippen molar-refractivity contribution in [2.45, 2.75) is 38.8 Å². The molecule has 7 heteroatoms. The van der Waals surface area contributed by atoms with Gasteiger partial charge in [-0.1, -0.05) is 24.9 Å². The zero-order valence-corrected chi connectivity index (χ0v) is 15.0. The van der Waals surface area contributed by atoms with Crippen LogP contribution in [0.2, 0.25) is 5.02 Å². The summed E-state index contributed by atoms with van der Waals surface area (Å²) in [4.78, 5) is 31.2. The highest BCUT2D eigenvalue weighted by molar-refractivity contribution is 7.10. The van der Waals surface area contributed by atoms with Crippen molar-refractivity contribution in [2.75, 3.05) is 6.54 Å². The van der Waals surface area contributed by atoms with Crippen molar-refractivity contribution >= 4 is 34.8 Å². The van der Waals surface area contributed by atoms with Crippen molar-refractivity contribution in [3.63, 3.8) is 0 Å². The summed E-state index contributed by atoms with van der Waals surface area (Å²) >= 11 is 7.58. The van der Waals surface area contributed by atoms with Crippen LogP contribution < -0.4 is 5.32 Å². The number of hydrogen-bond acceptors (Lipinski definition) is 3. The topological polar surface area (TPSA) is 65.2 Å². The van der Waals surface area contributed by atoms with Gasteiger partial charge >= 0.3 is 0 Å². The Morgan fingerprint density at radius 2 is 2.33 bits per heavy atom. The highest BCUT2D eigenvalue weighted by atomic mass is 35.5. The van der Waals surface area contributed by atoms with Crippen LogP contribution in [0.25, 0.3) is 0 Å². The Morgan fingerprint density at radius 3 is 3.04 bits per heavy atom. The average molecular weight is 366 g/mol. The molecule has 0 saturated carbocycles. The van der Waals surface area contributed by atoms with Gasteiger partial charge in [-0.05, 0) is 35.9 Å². The van der Waals surface area contributed by atoms with E-state index in [4.69, 9.17) is 11.6 Å². The fourth-order valence-corrected chi connectivity index (χ4v) is 3.99. The van der Waals surface area contributed by atoms with E-state index in [2.05, 4.69) is 21.7 Å². The van der Waals surface area contributed by atoms with Gasteiger partial charge in [-0.25, -0.2) is 0 Å². The number of aromatic nitrogens is 1. The molecule has 2 amide bonds. The maximum absolute atomic E-state index is 12.9. The second-order valence-corrected chi connectivity index (χ2v) is 7.36. The Bertz CT molecular complexity index is 740. The van der Waals surface area contributed by atoms with Crippen LogP contribution in [0.3, 0.4) is 0 Å². The maximum atomic E-state index is 12.9. The lowest BCUT2D eigenvalue weighted by molar-refractivity contribution is -0.134. The van der Waals surface area contributed by atoms with Crippen molar-refractivity contribution in [3.8, 4) is 0 Å². The SMILES string of the molecule is CCCC(NC(=O)c1cc(Cl)c[nH]1)C(=O)N1CCc2sccc2C1. The first-order chi connectivity index (χ1) is 11.6. The highest BCUT2D eigenvalue weighted by Gasteiger charge is 2.28. The minimum atomic E-state index is -0.509. The fourth-order valence-electron chi connectivity index (χ4n) is 2.94. The molecule has 0 fully saturated rings. The van der Waals surface area contributed by atoms with Gasteiger partial charge in [-0.15, -0.1) is 11.3 Å². The van der Waals surface area contributed by atoms with Crippen LogP contribution in [-0.4, -0.2) is 34.3 Å². The molecule has 3 heterocycles. The van der Waals surface area contributed by atoms with Gasteiger partial charge in [-0.2, -0.15) is 0 Å². The number of halogens is 1. The van der Waals surface area contributed by atoms with Gasteiger partial charge in [0.15, 0.2) is 0 Å². The van der Waals surface area contributed by atoms with Gasteiger partial charge in [-0.3, -0.25) is 9.59 Å². The number of fused-ring (bicyclic) bond motifs is 1. The van der Waals surface area contributed by atoms with Gasteiger partial charge in [0, 0.05) is 24.2 Å². The lowest BCUT2D eigenvalue weighted by atomic mass is 10.1. The first-order valence-corrected chi connectivity index (χ1v) is 9.33. The summed E-state index contributed by atoms with van der Waals surface area (Å²) in [6.07, 6.45) is 3.87. The van der Waals surface area contributed by atoms with E-state index < -0.39 is 6.04 Å². The van der Waals surface area contributed by atoms with Crippen LogP contribution in [0.5, 0.6) is 0 Å². The molecule has 0 bridgehead atoms. The zero-order chi connectivity index (χ0) is 17.1. The van der Waals surface area contributed by atoms with Crippen molar-refractivity contribution in [2.24, 2.45) is 0 Å². The standard InChI is InChI=1S/C17H20ClN3O2S/c1-2-3-13(20-16(22)14-8-12(18)9-19-14)17(23)21-6-4-15-11(10-21)5-7-24-15/h5,7-9,13,19H,2-4,6,10H2,1H3,(H,20,22). The molecule has 0 spiro atoms. The van der Waals surface area contributed by atoms with E-state index in [1.54, 1.807) is 23.6 Å². The van der Waals surface area contributed by atoms with Crippen LogP contribution in [0.1, 0.15) is 40.7 Å². The molecule has 128 valence electrons. The Hall–Kier alpha value is -1.79. The van der Waals surface area contributed by atoms with Crippen molar-refractivity contribution in [3.05, 3.63) is 44.9 Å². The summed E-state index contributed by atoms with van der Waals surface area (Å²) in [6.45, 7) is 3.34. The molecule has 2 aromatic rings. The summed E-state index contributed by atoms with van der Waals surface area (Å²) < 4.78 is 0. The van der Waals surface area contributed by atoms with Crippen LogP contribution in [-0.2, 0) is 17.8 Å². The number of nitrogens with zero attached hydrogens (tertiary/aromatic N) is 1. The third-order valence-electron chi connectivity index (χ3n) is 4.19. The Labute approximate surface area is 150 Å². The molecule has 1 aliphatic heterocycles. The normalized spacial score (nSPS) is 15.0. The van der Waals surface area contributed by atoms with Crippen molar-refractivity contribution in [1.29, 1.82) is 0 Å². The fraction of sp³-hybridized carbons (Fsp3) is 0.412. The Balaban J connectivity index is 1.68. The van der Waals surface area contributed by atoms with Crippen LogP contribution in [0, 0.1) is 0 Å². The second kappa shape index (κ2) is 7.40. The van der Waals surface area contributed by atoms with E-state index in [1.165, 1.54) is 10.4 Å². The Kier molecular flexibility index (Phi) is 5.26. The highest BCUT2D eigenvalue weighted by Crippen LogP contribution is 2.24. The van der Waals surface area contributed by atoms with Crippen LogP contribution in [0.4, 0.5) is 0 Å². The molecule has 2 aromatic heterocycles. The number of carbonyl (C=O) groups excluding carboxylic acids is 2. The number of aromatic amines is 1. The number of carbonyl (C=O) groups is 2. The van der Waals surface area contributed by atoms with Crippen LogP contribution >= 0.6 is 22.9 Å². The minimum Gasteiger partial charge on any atom is -0.356 e. The van der Waals surface area contributed by atoms with Gasteiger partial charge in [0.25, 0.3) is 5.91 Å². The first-order valence-electron chi connectivity index (χ1n) is 8.07. The maximum Gasteiger partial charge on any atom is 0.268 e. The number of H-pyrrole nitrogens is 1. The largest absolute Gasteiger partial charge is 0.356 e. The lowest BCUT2D eigenvalue weighted by Gasteiger charge is -2.30. The predicted octanol–water partition coefficient (Wildman–Crippen LogP) is 3.21. The number of amides is 2. The summed E-state index contributed by atoms with van der Waals surface area (Å²) in [6, 6.07) is 3.13. The third-order valence-corrected chi connectivity index (χ3v) is 5.43. The molecule has 1 unspecified atom stereocenters. The summed E-state index contributed by atoms with van der Waals surface area (Å²) in [5.74, 6) is -0.318. The molecular weight excluding hydrogens is 346 g/mol. The second-order valence-electron chi connectivity index (χ2n) is 5.93. The molecule has 2 N–H and O–H groups in total. The third kappa shape index (κ3) is 3.65. The number of rotatable bonds is 5. The van der Waals surface area contributed by atoms with E-state index in [1.807, 2.05) is 11.8 Å². The Morgan fingerprint density at radius 1 is 1.50 bits per heavy atom. The monoisotopic (exact) mass is 365 g/mol. The molecule has 0 radical (unpaired) electrons. The molecule has 24 heavy (non-hydrogen) atoms. The molecule has 5 nitrogen and oxygen atoms in total. The van der Waals surface area contributed by atoms with Gasteiger partial charge in [0.1, 0.15) is 11.7 Å². The predicted molar refractivity (Wildman–Crippen MR) is 95.4 cm³/mol. The van der Waals surface area contributed by atoms with E-state index in [0.29, 0.717) is 30.2 Å². The lowest BCUT2D eigenvalue weighted by Crippen LogP contribution is -2.49.